The first-order chi connectivity index (χ1) is 9.64. The number of aliphatic hydroxyl groups is 1. The van der Waals surface area contributed by atoms with Gasteiger partial charge in [0.05, 0.1) is 16.7 Å². The molecule has 4 heteroatoms. The zero-order valence-electron chi connectivity index (χ0n) is 12.5. The van der Waals surface area contributed by atoms with Crippen molar-refractivity contribution in [2.45, 2.75) is 70.5 Å². The molecule has 1 unspecified atom stereocenters. The molecule has 0 spiro atoms. The standard InChI is InChI=1S/C16H25NO2S/c1-3-19-16(9-7-11(2)8-10-16)15-17-12-5-4-6-13(18)14(12)20-15/h11,13,18H,3-10H2,1-2H3. The molecular formula is C16H25NO2S. The number of thiazole rings is 1. The van der Waals surface area contributed by atoms with Gasteiger partial charge in [0.15, 0.2) is 0 Å². The molecule has 1 N–H and O–H groups in total. The molecule has 0 radical (unpaired) electrons. The Morgan fingerprint density at radius 1 is 1.35 bits per heavy atom. The van der Waals surface area contributed by atoms with Crippen LogP contribution < -0.4 is 0 Å². The lowest BCUT2D eigenvalue weighted by molar-refractivity contribution is -0.0777. The molecular weight excluding hydrogens is 270 g/mol. The molecule has 1 aromatic rings. The lowest BCUT2D eigenvalue weighted by atomic mass is 9.79. The van der Waals surface area contributed by atoms with Crippen molar-refractivity contribution in [3.63, 3.8) is 0 Å². The number of aromatic nitrogens is 1. The number of rotatable bonds is 3. The Kier molecular flexibility index (Phi) is 4.16. The van der Waals surface area contributed by atoms with E-state index in [0.29, 0.717) is 0 Å². The summed E-state index contributed by atoms with van der Waals surface area (Å²) in [5.74, 6) is 0.795. The van der Waals surface area contributed by atoms with Crippen LogP contribution in [0, 0.1) is 5.92 Å². The summed E-state index contributed by atoms with van der Waals surface area (Å²) >= 11 is 1.70. The van der Waals surface area contributed by atoms with Gasteiger partial charge in [-0.05, 0) is 57.8 Å². The second kappa shape index (κ2) is 5.74. The second-order valence-electron chi connectivity index (χ2n) is 6.35. The molecule has 0 aliphatic heterocycles. The van der Waals surface area contributed by atoms with Crippen molar-refractivity contribution in [1.82, 2.24) is 4.98 Å². The summed E-state index contributed by atoms with van der Waals surface area (Å²) in [5, 5.41) is 11.3. The van der Waals surface area contributed by atoms with Crippen molar-refractivity contribution in [2.75, 3.05) is 6.61 Å². The van der Waals surface area contributed by atoms with Crippen LogP contribution in [0.1, 0.15) is 74.1 Å². The molecule has 0 saturated heterocycles. The number of aryl methyl sites for hydroxylation is 1. The van der Waals surface area contributed by atoms with Gasteiger partial charge >= 0.3 is 0 Å². The fraction of sp³-hybridized carbons (Fsp3) is 0.812. The second-order valence-corrected chi connectivity index (χ2v) is 7.38. The van der Waals surface area contributed by atoms with E-state index in [1.54, 1.807) is 11.3 Å². The molecule has 0 amide bonds. The summed E-state index contributed by atoms with van der Waals surface area (Å²) in [6.07, 6.45) is 7.23. The summed E-state index contributed by atoms with van der Waals surface area (Å²) in [7, 11) is 0. The van der Waals surface area contributed by atoms with Crippen LogP contribution in [0.4, 0.5) is 0 Å². The first kappa shape index (κ1) is 14.5. The minimum absolute atomic E-state index is 0.178. The molecule has 1 fully saturated rings. The van der Waals surface area contributed by atoms with Crippen LogP contribution >= 0.6 is 11.3 Å². The molecule has 20 heavy (non-hydrogen) atoms. The van der Waals surface area contributed by atoms with E-state index in [1.807, 2.05) is 0 Å². The first-order valence-corrected chi connectivity index (χ1v) is 8.78. The van der Waals surface area contributed by atoms with E-state index in [0.717, 1.165) is 60.2 Å². The number of nitrogens with zero attached hydrogens (tertiary/aromatic N) is 1. The Labute approximate surface area is 125 Å². The van der Waals surface area contributed by atoms with Crippen LogP contribution in [0.15, 0.2) is 0 Å². The van der Waals surface area contributed by atoms with Gasteiger partial charge in [0.2, 0.25) is 0 Å². The Hall–Kier alpha value is -0.450. The quantitative estimate of drug-likeness (QED) is 0.918. The van der Waals surface area contributed by atoms with Crippen molar-refractivity contribution >= 4 is 11.3 Å². The molecule has 2 aliphatic carbocycles. The van der Waals surface area contributed by atoms with Crippen molar-refractivity contribution in [1.29, 1.82) is 0 Å². The molecule has 1 aromatic heterocycles. The van der Waals surface area contributed by atoms with Crippen LogP contribution in [0.3, 0.4) is 0 Å². The van der Waals surface area contributed by atoms with Crippen LogP contribution in [-0.4, -0.2) is 16.7 Å². The highest BCUT2D eigenvalue weighted by Gasteiger charge is 2.40. The highest BCUT2D eigenvalue weighted by atomic mass is 32.1. The lowest BCUT2D eigenvalue weighted by Crippen LogP contribution is -2.34. The third kappa shape index (κ3) is 2.53. The predicted octanol–water partition coefficient (Wildman–Crippen LogP) is 3.95. The molecule has 112 valence electrons. The summed E-state index contributed by atoms with van der Waals surface area (Å²) in [5.41, 5.74) is 0.949. The smallest absolute Gasteiger partial charge is 0.125 e. The van der Waals surface area contributed by atoms with Gasteiger partial charge in [-0.2, -0.15) is 0 Å². The average Bonchev–Trinajstić information content (AvgIpc) is 2.88. The Bertz CT molecular complexity index is 463. The Morgan fingerprint density at radius 3 is 2.75 bits per heavy atom. The van der Waals surface area contributed by atoms with Crippen LogP contribution in [0.5, 0.6) is 0 Å². The largest absolute Gasteiger partial charge is 0.388 e. The maximum atomic E-state index is 10.2. The molecule has 3 nitrogen and oxygen atoms in total. The van der Waals surface area contributed by atoms with Crippen molar-refractivity contribution in [3.8, 4) is 0 Å². The van der Waals surface area contributed by atoms with Gasteiger partial charge < -0.3 is 9.84 Å². The first-order valence-electron chi connectivity index (χ1n) is 7.96. The number of fused-ring (bicyclic) bond motifs is 1. The minimum atomic E-state index is -0.300. The highest BCUT2D eigenvalue weighted by Crippen LogP contribution is 2.46. The van der Waals surface area contributed by atoms with Gasteiger partial charge in [-0.1, -0.05) is 6.92 Å². The van der Waals surface area contributed by atoms with Crippen molar-refractivity contribution in [3.05, 3.63) is 15.6 Å². The maximum absolute atomic E-state index is 10.2. The molecule has 1 saturated carbocycles. The summed E-state index contributed by atoms with van der Waals surface area (Å²) in [4.78, 5) is 5.98. The molecule has 3 rings (SSSR count). The minimum Gasteiger partial charge on any atom is -0.388 e. The van der Waals surface area contributed by atoms with E-state index in [-0.39, 0.29) is 11.7 Å². The summed E-state index contributed by atoms with van der Waals surface area (Å²) in [6, 6.07) is 0. The lowest BCUT2D eigenvalue weighted by Gasteiger charge is -2.37. The zero-order chi connectivity index (χ0) is 14.2. The number of aliphatic hydroxyl groups excluding tert-OH is 1. The number of hydrogen-bond donors (Lipinski definition) is 1. The zero-order valence-corrected chi connectivity index (χ0v) is 13.3. The third-order valence-corrected chi connectivity index (χ3v) is 6.20. The molecule has 0 aromatic carbocycles. The maximum Gasteiger partial charge on any atom is 0.125 e. The van der Waals surface area contributed by atoms with Gasteiger partial charge in [-0.3, -0.25) is 0 Å². The van der Waals surface area contributed by atoms with Crippen LogP contribution in [0.2, 0.25) is 0 Å². The van der Waals surface area contributed by atoms with Gasteiger partial charge in [-0.15, -0.1) is 11.3 Å². The molecule has 0 bridgehead atoms. The van der Waals surface area contributed by atoms with Gasteiger partial charge in [0.25, 0.3) is 0 Å². The van der Waals surface area contributed by atoms with Crippen LogP contribution in [-0.2, 0) is 16.8 Å². The monoisotopic (exact) mass is 295 g/mol. The Morgan fingerprint density at radius 2 is 2.10 bits per heavy atom. The predicted molar refractivity (Wildman–Crippen MR) is 80.9 cm³/mol. The Balaban J connectivity index is 1.92. The van der Waals surface area contributed by atoms with E-state index < -0.39 is 0 Å². The highest BCUT2D eigenvalue weighted by molar-refractivity contribution is 7.12. The SMILES string of the molecule is CCOC1(c2nc3c(s2)C(O)CCC3)CCC(C)CC1. The normalized spacial score (nSPS) is 34.0. The van der Waals surface area contributed by atoms with Crippen LogP contribution in [0.25, 0.3) is 0 Å². The molecule has 1 atom stereocenters. The van der Waals surface area contributed by atoms with Gasteiger partial charge in [-0.25, -0.2) is 4.98 Å². The van der Waals surface area contributed by atoms with Gasteiger partial charge in [0.1, 0.15) is 10.6 Å². The molecule has 2 aliphatic rings. The van der Waals surface area contributed by atoms with E-state index in [1.165, 1.54) is 12.8 Å². The van der Waals surface area contributed by atoms with E-state index in [4.69, 9.17) is 9.72 Å². The van der Waals surface area contributed by atoms with Crippen molar-refractivity contribution < 1.29 is 9.84 Å². The fourth-order valence-corrected chi connectivity index (χ4v) is 4.85. The van der Waals surface area contributed by atoms with E-state index >= 15 is 0 Å². The number of hydrogen-bond acceptors (Lipinski definition) is 4. The van der Waals surface area contributed by atoms with E-state index in [2.05, 4.69) is 13.8 Å². The van der Waals surface area contributed by atoms with Gasteiger partial charge in [0, 0.05) is 6.61 Å². The van der Waals surface area contributed by atoms with E-state index in [9.17, 15) is 5.11 Å². The average molecular weight is 295 g/mol. The fourth-order valence-electron chi connectivity index (χ4n) is 3.52. The number of ether oxygens (including phenoxy) is 1. The third-order valence-electron chi connectivity index (χ3n) is 4.81. The van der Waals surface area contributed by atoms with Crippen molar-refractivity contribution in [2.24, 2.45) is 5.92 Å². The summed E-state index contributed by atoms with van der Waals surface area (Å²) in [6.45, 7) is 5.13. The summed E-state index contributed by atoms with van der Waals surface area (Å²) < 4.78 is 6.18. The molecule has 1 heterocycles. The topological polar surface area (TPSA) is 42.4 Å².